The molecule has 0 spiro atoms. The summed E-state index contributed by atoms with van der Waals surface area (Å²) in [6.07, 6.45) is 1.83. The van der Waals surface area contributed by atoms with E-state index in [1.807, 2.05) is 24.7 Å². The van der Waals surface area contributed by atoms with Gasteiger partial charge in [0.05, 0.1) is 18.0 Å². The lowest BCUT2D eigenvalue weighted by molar-refractivity contribution is 0.0508. The Morgan fingerprint density at radius 2 is 1.85 bits per heavy atom. The number of rotatable bonds is 2. The minimum Gasteiger partial charge on any atom is -0.333 e. The number of nitrogens with zero attached hydrogens (tertiary/aromatic N) is 5. The van der Waals surface area contributed by atoms with Crippen LogP contribution in [0.1, 0.15) is 38.3 Å². The molecule has 20 heavy (non-hydrogen) atoms. The zero-order valence-corrected chi connectivity index (χ0v) is 13.2. The fourth-order valence-electron chi connectivity index (χ4n) is 2.76. The molecule has 1 fully saturated rings. The van der Waals surface area contributed by atoms with Crippen molar-refractivity contribution in [3.8, 4) is 6.07 Å². The molecule has 0 amide bonds. The van der Waals surface area contributed by atoms with Crippen LogP contribution in [0.25, 0.3) is 0 Å². The van der Waals surface area contributed by atoms with Gasteiger partial charge in [-0.05, 0) is 27.7 Å². The lowest BCUT2D eigenvalue weighted by Crippen LogP contribution is -2.54. The van der Waals surface area contributed by atoms with E-state index in [4.69, 9.17) is 0 Å². The molecule has 1 aromatic heterocycles. The molecule has 110 valence electrons. The molecule has 1 unspecified atom stereocenters. The standard InChI is InChI=1S/C15H25N5/c1-12-17-11-14(18(12)5)13(10-16)19-6-8-20(9-7-19)15(2,3)4/h11,13H,6-9H2,1-5H3. The Bertz CT molecular complexity index is 497. The molecule has 0 N–H and O–H groups in total. The second-order valence-electron chi connectivity index (χ2n) is 6.51. The summed E-state index contributed by atoms with van der Waals surface area (Å²) in [6, 6.07) is 2.25. The lowest BCUT2D eigenvalue weighted by atomic mass is 10.0. The predicted molar refractivity (Wildman–Crippen MR) is 79.2 cm³/mol. The highest BCUT2D eigenvalue weighted by Gasteiger charge is 2.30. The van der Waals surface area contributed by atoms with Crippen LogP contribution in [0.2, 0.25) is 0 Å². The smallest absolute Gasteiger partial charge is 0.140 e. The van der Waals surface area contributed by atoms with Crippen molar-refractivity contribution < 1.29 is 0 Å². The van der Waals surface area contributed by atoms with Crippen LogP contribution >= 0.6 is 0 Å². The fraction of sp³-hybridized carbons (Fsp3) is 0.733. The first kappa shape index (κ1) is 15.0. The largest absolute Gasteiger partial charge is 0.333 e. The maximum atomic E-state index is 9.54. The molecule has 0 aliphatic carbocycles. The third-order valence-corrected chi connectivity index (χ3v) is 4.29. The molecule has 1 saturated heterocycles. The summed E-state index contributed by atoms with van der Waals surface area (Å²) in [5, 5.41) is 9.54. The van der Waals surface area contributed by atoms with E-state index in [-0.39, 0.29) is 11.6 Å². The number of hydrogen-bond donors (Lipinski definition) is 0. The van der Waals surface area contributed by atoms with E-state index in [9.17, 15) is 5.26 Å². The van der Waals surface area contributed by atoms with Crippen LogP contribution < -0.4 is 0 Å². The van der Waals surface area contributed by atoms with E-state index >= 15 is 0 Å². The van der Waals surface area contributed by atoms with Crippen LogP contribution in [-0.4, -0.2) is 51.1 Å². The summed E-state index contributed by atoms with van der Waals surface area (Å²) in [7, 11) is 1.98. The van der Waals surface area contributed by atoms with Crippen molar-refractivity contribution in [2.24, 2.45) is 7.05 Å². The second-order valence-corrected chi connectivity index (χ2v) is 6.51. The molecule has 0 saturated carbocycles. The lowest BCUT2D eigenvalue weighted by Gasteiger charge is -2.43. The van der Waals surface area contributed by atoms with Gasteiger partial charge in [0.1, 0.15) is 11.9 Å². The van der Waals surface area contributed by atoms with Gasteiger partial charge in [0, 0.05) is 38.8 Å². The first-order valence-corrected chi connectivity index (χ1v) is 7.21. The first-order chi connectivity index (χ1) is 9.34. The van der Waals surface area contributed by atoms with Crippen LogP contribution in [0.4, 0.5) is 0 Å². The van der Waals surface area contributed by atoms with E-state index in [0.29, 0.717) is 0 Å². The van der Waals surface area contributed by atoms with Crippen LogP contribution in [0, 0.1) is 18.3 Å². The third-order valence-electron chi connectivity index (χ3n) is 4.29. The Morgan fingerprint density at radius 1 is 1.25 bits per heavy atom. The number of hydrogen-bond acceptors (Lipinski definition) is 4. The molecule has 0 bridgehead atoms. The summed E-state index contributed by atoms with van der Waals surface area (Å²) in [5.74, 6) is 0.952. The highest BCUT2D eigenvalue weighted by atomic mass is 15.3. The molecule has 2 rings (SSSR count). The number of imidazole rings is 1. The van der Waals surface area contributed by atoms with Crippen molar-refractivity contribution in [3.05, 3.63) is 17.7 Å². The molecule has 5 nitrogen and oxygen atoms in total. The van der Waals surface area contributed by atoms with Gasteiger partial charge in [0.15, 0.2) is 0 Å². The van der Waals surface area contributed by atoms with Crippen molar-refractivity contribution in [3.63, 3.8) is 0 Å². The van der Waals surface area contributed by atoms with Gasteiger partial charge in [0.2, 0.25) is 0 Å². The second kappa shape index (κ2) is 5.55. The van der Waals surface area contributed by atoms with Crippen molar-refractivity contribution in [1.29, 1.82) is 5.26 Å². The topological polar surface area (TPSA) is 48.1 Å². The molecular formula is C15H25N5. The molecule has 1 atom stereocenters. The summed E-state index contributed by atoms with van der Waals surface area (Å²) >= 11 is 0. The zero-order chi connectivity index (χ0) is 14.9. The normalized spacial score (nSPS) is 19.8. The van der Waals surface area contributed by atoms with E-state index in [2.05, 4.69) is 41.6 Å². The summed E-state index contributed by atoms with van der Waals surface area (Å²) in [5.41, 5.74) is 1.20. The van der Waals surface area contributed by atoms with E-state index in [1.54, 1.807) is 0 Å². The Kier molecular flexibility index (Phi) is 4.17. The number of aromatic nitrogens is 2. The number of aryl methyl sites for hydroxylation is 1. The fourth-order valence-corrected chi connectivity index (χ4v) is 2.76. The monoisotopic (exact) mass is 275 g/mol. The van der Waals surface area contributed by atoms with Gasteiger partial charge in [-0.15, -0.1) is 0 Å². The van der Waals surface area contributed by atoms with E-state index in [0.717, 1.165) is 37.7 Å². The van der Waals surface area contributed by atoms with Crippen molar-refractivity contribution in [2.45, 2.75) is 39.3 Å². The molecule has 2 heterocycles. The van der Waals surface area contributed by atoms with Crippen LogP contribution in [-0.2, 0) is 7.05 Å². The van der Waals surface area contributed by atoms with Crippen LogP contribution in [0.5, 0.6) is 0 Å². The minimum absolute atomic E-state index is 0.191. The van der Waals surface area contributed by atoms with Crippen molar-refractivity contribution in [2.75, 3.05) is 26.2 Å². The number of piperazine rings is 1. The molecule has 0 radical (unpaired) electrons. The molecule has 1 aliphatic rings. The quantitative estimate of drug-likeness (QED) is 0.824. The van der Waals surface area contributed by atoms with Gasteiger partial charge < -0.3 is 4.57 Å². The van der Waals surface area contributed by atoms with Crippen LogP contribution in [0.15, 0.2) is 6.20 Å². The maximum absolute atomic E-state index is 9.54. The zero-order valence-electron chi connectivity index (χ0n) is 13.2. The predicted octanol–water partition coefficient (Wildman–Crippen LogP) is 1.71. The highest BCUT2D eigenvalue weighted by molar-refractivity contribution is 5.17. The van der Waals surface area contributed by atoms with E-state index < -0.39 is 0 Å². The van der Waals surface area contributed by atoms with Crippen molar-refractivity contribution >= 4 is 0 Å². The average Bonchev–Trinajstić information content (AvgIpc) is 2.72. The SMILES string of the molecule is Cc1ncc(C(C#N)N2CCN(C(C)(C)C)CC2)n1C. The van der Waals surface area contributed by atoms with Gasteiger partial charge >= 0.3 is 0 Å². The minimum atomic E-state index is -0.191. The van der Waals surface area contributed by atoms with Gasteiger partial charge in [-0.25, -0.2) is 4.98 Å². The Balaban J connectivity index is 2.09. The Hall–Kier alpha value is -1.38. The first-order valence-electron chi connectivity index (χ1n) is 7.21. The molecule has 0 aromatic carbocycles. The maximum Gasteiger partial charge on any atom is 0.140 e. The summed E-state index contributed by atoms with van der Waals surface area (Å²) in [4.78, 5) is 9.05. The number of nitriles is 1. The van der Waals surface area contributed by atoms with Gasteiger partial charge in [-0.2, -0.15) is 5.26 Å². The Morgan fingerprint density at radius 3 is 2.25 bits per heavy atom. The van der Waals surface area contributed by atoms with Gasteiger partial charge in [-0.3, -0.25) is 9.80 Å². The molecule has 1 aromatic rings. The average molecular weight is 275 g/mol. The highest BCUT2D eigenvalue weighted by Crippen LogP contribution is 2.24. The molecule has 5 heteroatoms. The van der Waals surface area contributed by atoms with Gasteiger partial charge in [-0.1, -0.05) is 0 Å². The summed E-state index contributed by atoms with van der Waals surface area (Å²) < 4.78 is 2.02. The summed E-state index contributed by atoms with van der Waals surface area (Å²) in [6.45, 7) is 12.6. The third kappa shape index (κ3) is 2.87. The molecule has 1 aliphatic heterocycles. The van der Waals surface area contributed by atoms with Gasteiger partial charge in [0.25, 0.3) is 0 Å². The molecular weight excluding hydrogens is 250 g/mol. The van der Waals surface area contributed by atoms with E-state index in [1.165, 1.54) is 0 Å². The van der Waals surface area contributed by atoms with Crippen LogP contribution in [0.3, 0.4) is 0 Å². The van der Waals surface area contributed by atoms with Crippen molar-refractivity contribution in [1.82, 2.24) is 19.4 Å². The Labute approximate surface area is 121 Å².